The quantitative estimate of drug-likeness (QED) is 0.576. The Morgan fingerprint density at radius 3 is 1.71 bits per heavy atom. The SMILES string of the molecule is C1CC[C@@H]2S[C@H]3CCCC[C@H]3C[C@H]2C1. The zero-order valence-electron chi connectivity index (χ0n) is 9.08. The van der Waals surface area contributed by atoms with Gasteiger partial charge in [0.25, 0.3) is 0 Å². The van der Waals surface area contributed by atoms with Gasteiger partial charge in [0.15, 0.2) is 0 Å². The number of rotatable bonds is 0. The van der Waals surface area contributed by atoms with Gasteiger partial charge in [0.2, 0.25) is 0 Å². The molecule has 3 fully saturated rings. The zero-order valence-corrected chi connectivity index (χ0v) is 9.90. The molecule has 14 heavy (non-hydrogen) atoms. The molecule has 1 heterocycles. The van der Waals surface area contributed by atoms with Crippen LogP contribution in [0.25, 0.3) is 0 Å². The van der Waals surface area contributed by atoms with Crippen molar-refractivity contribution in [1.82, 2.24) is 0 Å². The molecule has 3 rings (SSSR count). The fourth-order valence-corrected chi connectivity index (χ4v) is 5.85. The van der Waals surface area contributed by atoms with Crippen molar-refractivity contribution in [3.05, 3.63) is 0 Å². The molecule has 1 aliphatic heterocycles. The molecule has 0 radical (unpaired) electrons. The Morgan fingerprint density at radius 2 is 1.14 bits per heavy atom. The summed E-state index contributed by atoms with van der Waals surface area (Å²) in [5.74, 6) is 2.24. The number of thioether (sulfide) groups is 1. The van der Waals surface area contributed by atoms with E-state index in [0.29, 0.717) is 0 Å². The fraction of sp³-hybridized carbons (Fsp3) is 1.00. The third-order valence-electron chi connectivity index (χ3n) is 4.63. The molecule has 0 unspecified atom stereocenters. The lowest BCUT2D eigenvalue weighted by molar-refractivity contribution is 0.238. The molecule has 0 aromatic heterocycles. The van der Waals surface area contributed by atoms with E-state index in [0.717, 1.165) is 22.3 Å². The first-order chi connectivity index (χ1) is 6.93. The molecule has 0 spiro atoms. The largest absolute Gasteiger partial charge is 0.155 e. The van der Waals surface area contributed by atoms with Crippen molar-refractivity contribution >= 4 is 11.8 Å². The van der Waals surface area contributed by atoms with E-state index < -0.39 is 0 Å². The summed E-state index contributed by atoms with van der Waals surface area (Å²) in [5.41, 5.74) is 0. The maximum absolute atomic E-state index is 2.40. The van der Waals surface area contributed by atoms with Crippen LogP contribution < -0.4 is 0 Å². The average molecular weight is 210 g/mol. The van der Waals surface area contributed by atoms with Crippen molar-refractivity contribution in [3.8, 4) is 0 Å². The van der Waals surface area contributed by atoms with Crippen LogP contribution in [0.5, 0.6) is 0 Å². The zero-order chi connectivity index (χ0) is 9.38. The highest BCUT2D eigenvalue weighted by atomic mass is 32.2. The van der Waals surface area contributed by atoms with Crippen molar-refractivity contribution < 1.29 is 0 Å². The second-order valence-corrected chi connectivity index (χ2v) is 7.02. The maximum atomic E-state index is 2.40. The van der Waals surface area contributed by atoms with Gasteiger partial charge in [-0.3, -0.25) is 0 Å². The summed E-state index contributed by atoms with van der Waals surface area (Å²) in [6.07, 6.45) is 13.9. The smallest absolute Gasteiger partial charge is 0.00783 e. The van der Waals surface area contributed by atoms with Crippen LogP contribution in [-0.2, 0) is 0 Å². The van der Waals surface area contributed by atoms with Crippen LogP contribution >= 0.6 is 11.8 Å². The van der Waals surface area contributed by atoms with Crippen LogP contribution in [0.3, 0.4) is 0 Å². The Hall–Kier alpha value is 0.350. The number of hydrogen-bond acceptors (Lipinski definition) is 1. The molecule has 1 saturated heterocycles. The first-order valence-corrected chi connectivity index (χ1v) is 7.53. The van der Waals surface area contributed by atoms with Gasteiger partial charge in [0.1, 0.15) is 0 Å². The Morgan fingerprint density at radius 1 is 0.643 bits per heavy atom. The van der Waals surface area contributed by atoms with E-state index in [1.807, 2.05) is 0 Å². The summed E-state index contributed by atoms with van der Waals surface area (Å²) >= 11 is 2.40. The van der Waals surface area contributed by atoms with Crippen LogP contribution in [0.4, 0.5) is 0 Å². The van der Waals surface area contributed by atoms with Gasteiger partial charge >= 0.3 is 0 Å². The molecule has 0 bridgehead atoms. The second kappa shape index (κ2) is 4.08. The third-order valence-corrected chi connectivity index (χ3v) is 6.57. The second-order valence-electron chi connectivity index (χ2n) is 5.54. The molecule has 2 aliphatic carbocycles. The van der Waals surface area contributed by atoms with Gasteiger partial charge in [0, 0.05) is 10.5 Å². The molecule has 80 valence electrons. The Bertz CT molecular complexity index is 159. The molecular weight excluding hydrogens is 188 g/mol. The van der Waals surface area contributed by atoms with Gasteiger partial charge in [-0.25, -0.2) is 0 Å². The summed E-state index contributed by atoms with van der Waals surface area (Å²) in [6, 6.07) is 0. The Balaban J connectivity index is 1.68. The molecule has 4 atom stereocenters. The maximum Gasteiger partial charge on any atom is 0.00783 e. The highest BCUT2D eigenvalue weighted by molar-refractivity contribution is 8.00. The summed E-state index contributed by atoms with van der Waals surface area (Å²) in [6.45, 7) is 0. The third kappa shape index (κ3) is 1.73. The van der Waals surface area contributed by atoms with Crippen molar-refractivity contribution in [3.63, 3.8) is 0 Å². The number of hydrogen-bond donors (Lipinski definition) is 0. The van der Waals surface area contributed by atoms with E-state index in [2.05, 4.69) is 11.8 Å². The van der Waals surface area contributed by atoms with E-state index >= 15 is 0 Å². The predicted octanol–water partition coefficient (Wildman–Crippen LogP) is 4.24. The molecule has 1 heteroatoms. The normalized spacial score (nSPS) is 48.0. The summed E-state index contributed by atoms with van der Waals surface area (Å²) in [5, 5.41) is 2.14. The first kappa shape index (κ1) is 9.57. The van der Waals surface area contributed by atoms with Crippen molar-refractivity contribution in [2.45, 2.75) is 68.3 Å². The molecule has 2 saturated carbocycles. The van der Waals surface area contributed by atoms with Crippen molar-refractivity contribution in [2.75, 3.05) is 0 Å². The average Bonchev–Trinajstić information content (AvgIpc) is 2.26. The van der Waals surface area contributed by atoms with Gasteiger partial charge < -0.3 is 0 Å². The minimum Gasteiger partial charge on any atom is -0.155 e. The summed E-state index contributed by atoms with van der Waals surface area (Å²) in [7, 11) is 0. The van der Waals surface area contributed by atoms with E-state index in [4.69, 9.17) is 0 Å². The molecule has 0 aromatic carbocycles. The molecule has 0 amide bonds. The van der Waals surface area contributed by atoms with Crippen molar-refractivity contribution in [1.29, 1.82) is 0 Å². The van der Waals surface area contributed by atoms with Gasteiger partial charge in [-0.05, 0) is 43.9 Å². The molecule has 0 nitrogen and oxygen atoms in total. The highest BCUT2D eigenvalue weighted by Crippen LogP contribution is 2.50. The monoisotopic (exact) mass is 210 g/mol. The Kier molecular flexibility index (Phi) is 2.79. The Labute approximate surface area is 92.2 Å². The topological polar surface area (TPSA) is 0 Å². The fourth-order valence-electron chi connectivity index (χ4n) is 3.86. The van der Waals surface area contributed by atoms with E-state index in [9.17, 15) is 0 Å². The van der Waals surface area contributed by atoms with E-state index in [1.54, 1.807) is 32.1 Å². The molecule has 0 aromatic rings. The van der Waals surface area contributed by atoms with E-state index in [1.165, 1.54) is 25.7 Å². The number of fused-ring (bicyclic) bond motifs is 2. The highest BCUT2D eigenvalue weighted by Gasteiger charge is 2.39. The lowest BCUT2D eigenvalue weighted by Crippen LogP contribution is -2.37. The molecule has 3 aliphatic rings. The van der Waals surface area contributed by atoms with Crippen LogP contribution in [-0.4, -0.2) is 10.5 Å². The first-order valence-electron chi connectivity index (χ1n) is 6.59. The van der Waals surface area contributed by atoms with Gasteiger partial charge in [-0.1, -0.05) is 25.7 Å². The van der Waals surface area contributed by atoms with Gasteiger partial charge in [-0.15, -0.1) is 0 Å². The summed E-state index contributed by atoms with van der Waals surface area (Å²) in [4.78, 5) is 0. The van der Waals surface area contributed by atoms with Crippen LogP contribution in [0, 0.1) is 11.8 Å². The van der Waals surface area contributed by atoms with E-state index in [-0.39, 0.29) is 0 Å². The lowest BCUT2D eigenvalue weighted by atomic mass is 9.76. The van der Waals surface area contributed by atoms with Crippen LogP contribution in [0.1, 0.15) is 57.8 Å². The van der Waals surface area contributed by atoms with Crippen molar-refractivity contribution in [2.24, 2.45) is 11.8 Å². The predicted molar refractivity (Wildman–Crippen MR) is 63.7 cm³/mol. The summed E-state index contributed by atoms with van der Waals surface area (Å²) < 4.78 is 0. The standard InChI is InChI=1S/C13H22S/c1-3-7-12-10(5-1)9-11-6-2-4-8-13(11)14-12/h10-13H,1-9H2/t10-,11+,12-,13-/m0/s1. The van der Waals surface area contributed by atoms with Gasteiger partial charge in [-0.2, -0.15) is 11.8 Å². The van der Waals surface area contributed by atoms with Crippen LogP contribution in [0.2, 0.25) is 0 Å². The van der Waals surface area contributed by atoms with Gasteiger partial charge in [0.05, 0.1) is 0 Å². The lowest BCUT2D eigenvalue weighted by Gasteiger charge is -2.45. The molecule has 0 N–H and O–H groups in total. The minimum absolute atomic E-state index is 1.07. The molecular formula is C13H22S. The van der Waals surface area contributed by atoms with Crippen LogP contribution in [0.15, 0.2) is 0 Å². The minimum atomic E-state index is 1.07.